The van der Waals surface area contributed by atoms with Gasteiger partial charge in [0.25, 0.3) is 0 Å². The SMILES string of the molecule is [B-][N+]12CCC(CC1)C1(CN=C(Cc3nc4ccc(O[Si](C)(C)C(C)(C)C)cc4s3)O1)C2. The van der Waals surface area contributed by atoms with Crippen LogP contribution < -0.4 is 4.43 Å². The number of aromatic nitrogens is 1. The van der Waals surface area contributed by atoms with Crippen LogP contribution in [0.4, 0.5) is 0 Å². The van der Waals surface area contributed by atoms with Crippen molar-refractivity contribution in [3.05, 3.63) is 23.2 Å². The van der Waals surface area contributed by atoms with Gasteiger partial charge in [0, 0.05) is 19.0 Å². The maximum absolute atomic E-state index is 6.57. The summed E-state index contributed by atoms with van der Waals surface area (Å²) in [6.45, 7) is 15.1. The summed E-state index contributed by atoms with van der Waals surface area (Å²) in [4.78, 5) is 9.64. The Labute approximate surface area is 192 Å². The molecule has 0 saturated carbocycles. The van der Waals surface area contributed by atoms with Crippen LogP contribution in [0.3, 0.4) is 0 Å². The molecule has 2 bridgehead atoms. The molecule has 3 radical (unpaired) electrons. The van der Waals surface area contributed by atoms with Crippen molar-refractivity contribution < 1.29 is 13.6 Å². The van der Waals surface area contributed by atoms with E-state index in [0.717, 1.165) is 65.9 Å². The lowest BCUT2D eigenvalue weighted by molar-refractivity contribution is -0.845. The minimum Gasteiger partial charge on any atom is -0.585 e. The fourth-order valence-electron chi connectivity index (χ4n) is 5.01. The first-order chi connectivity index (χ1) is 14.5. The lowest BCUT2D eigenvalue weighted by Crippen LogP contribution is -2.69. The molecule has 6 rings (SSSR count). The molecule has 3 fully saturated rings. The minimum atomic E-state index is -1.86. The molecule has 5 nitrogen and oxygen atoms in total. The Bertz CT molecular complexity index is 1040. The molecule has 3 saturated heterocycles. The zero-order valence-corrected chi connectivity index (χ0v) is 21.2. The summed E-state index contributed by atoms with van der Waals surface area (Å²) in [5.74, 6) is 2.37. The molecule has 0 amide bonds. The van der Waals surface area contributed by atoms with Gasteiger partial charge in [-0.25, -0.2) is 13.0 Å². The predicted octanol–water partition coefficient (Wildman–Crippen LogP) is 4.71. The van der Waals surface area contributed by atoms with E-state index in [4.69, 9.17) is 27.1 Å². The van der Waals surface area contributed by atoms with Crippen molar-refractivity contribution in [2.75, 3.05) is 26.2 Å². The number of piperidine rings is 3. The van der Waals surface area contributed by atoms with Gasteiger partial charge in [0.05, 0.1) is 29.7 Å². The van der Waals surface area contributed by atoms with Gasteiger partial charge in [-0.15, -0.1) is 11.3 Å². The zero-order chi connectivity index (χ0) is 22.1. The summed E-state index contributed by atoms with van der Waals surface area (Å²) < 4.78 is 14.8. The second-order valence-electron chi connectivity index (χ2n) is 11.3. The molecule has 1 spiro atoms. The minimum absolute atomic E-state index is 0.175. The lowest BCUT2D eigenvalue weighted by atomic mass is 9.72. The van der Waals surface area contributed by atoms with E-state index < -0.39 is 8.32 Å². The van der Waals surface area contributed by atoms with Crippen molar-refractivity contribution in [3.8, 4) is 5.75 Å². The van der Waals surface area contributed by atoms with Crippen LogP contribution in [0, 0.1) is 5.92 Å². The molecular weight excluding hydrogens is 421 g/mol. The fourth-order valence-corrected chi connectivity index (χ4v) is 7.01. The van der Waals surface area contributed by atoms with Crippen LogP contribution in [-0.4, -0.2) is 63.4 Å². The topological polar surface area (TPSA) is 43.7 Å². The monoisotopic (exact) mass is 454 g/mol. The Hall–Kier alpha value is -1.38. The van der Waals surface area contributed by atoms with E-state index in [2.05, 4.69) is 52.1 Å². The third-order valence-electron chi connectivity index (χ3n) is 7.90. The standard InChI is InChI=1S/C23H33BN3O2SSi/c1-22(2,3)31(4,5)29-17-6-7-18-19(12-17)30-21(26-18)13-20-25-14-23(28-20)15-27(24)10-8-16(23)9-11-27/h6-7,12,16H,8-11,13-15H2,1-5H3. The quantitative estimate of drug-likeness (QED) is 0.629. The second-order valence-corrected chi connectivity index (χ2v) is 17.1. The maximum Gasteiger partial charge on any atom is 0.250 e. The molecule has 2 aromatic rings. The number of nitrogens with zero attached hydrogens (tertiary/aromatic N) is 3. The highest BCUT2D eigenvalue weighted by atomic mass is 32.1. The van der Waals surface area contributed by atoms with Gasteiger partial charge in [0.15, 0.2) is 11.5 Å². The average Bonchev–Trinajstić information content (AvgIpc) is 3.24. The first-order valence-electron chi connectivity index (χ1n) is 11.4. The van der Waals surface area contributed by atoms with Gasteiger partial charge in [-0.3, -0.25) is 4.99 Å². The van der Waals surface area contributed by atoms with Crippen LogP contribution >= 0.6 is 11.3 Å². The Morgan fingerprint density at radius 3 is 2.71 bits per heavy atom. The largest absolute Gasteiger partial charge is 0.585 e. The number of fused-ring (bicyclic) bond motifs is 3. The fraction of sp³-hybridized carbons (Fsp3) is 0.652. The summed E-state index contributed by atoms with van der Waals surface area (Å²) in [6, 6.07) is 6.28. The highest BCUT2D eigenvalue weighted by molar-refractivity contribution is 7.18. The highest BCUT2D eigenvalue weighted by Gasteiger charge is 2.54. The van der Waals surface area contributed by atoms with E-state index in [0.29, 0.717) is 16.7 Å². The van der Waals surface area contributed by atoms with Crippen LogP contribution in [0.2, 0.25) is 18.1 Å². The molecule has 1 aromatic heterocycles. The van der Waals surface area contributed by atoms with Crippen molar-refractivity contribution in [2.45, 2.75) is 63.8 Å². The number of benzene rings is 1. The third-order valence-corrected chi connectivity index (χ3v) is 13.3. The second kappa shape index (κ2) is 7.06. The molecule has 1 atom stereocenters. The Kier molecular flexibility index (Phi) is 4.89. The molecule has 31 heavy (non-hydrogen) atoms. The average molecular weight is 455 g/mol. The van der Waals surface area contributed by atoms with Crippen LogP contribution in [0.15, 0.2) is 23.2 Å². The van der Waals surface area contributed by atoms with Gasteiger partial charge >= 0.3 is 0 Å². The normalized spacial score (nSPS) is 30.6. The van der Waals surface area contributed by atoms with Crippen molar-refractivity contribution >= 4 is 43.7 Å². The molecule has 8 heteroatoms. The number of rotatable bonds is 4. The van der Waals surface area contributed by atoms with Crippen molar-refractivity contribution in [1.29, 1.82) is 0 Å². The molecule has 0 N–H and O–H groups in total. The van der Waals surface area contributed by atoms with E-state index >= 15 is 0 Å². The first kappa shape index (κ1) is 21.5. The van der Waals surface area contributed by atoms with E-state index in [1.807, 2.05) is 0 Å². The van der Waals surface area contributed by atoms with E-state index in [-0.39, 0.29) is 10.6 Å². The zero-order valence-electron chi connectivity index (χ0n) is 19.4. The summed E-state index contributed by atoms with van der Waals surface area (Å²) in [6.07, 6.45) is 2.96. The number of aliphatic imine (C=N–C) groups is 1. The number of hydrogen-bond acceptors (Lipinski definition) is 5. The van der Waals surface area contributed by atoms with Gasteiger partial charge in [-0.05, 0) is 49.2 Å². The molecule has 4 aliphatic heterocycles. The molecule has 5 heterocycles. The Balaban J connectivity index is 1.30. The van der Waals surface area contributed by atoms with Gasteiger partial charge < -0.3 is 13.6 Å². The van der Waals surface area contributed by atoms with E-state index in [1.54, 1.807) is 11.3 Å². The van der Waals surface area contributed by atoms with Crippen LogP contribution in [-0.2, 0) is 11.2 Å². The molecule has 1 unspecified atom stereocenters. The van der Waals surface area contributed by atoms with E-state index in [1.165, 1.54) is 0 Å². The molecule has 4 aliphatic rings. The van der Waals surface area contributed by atoms with Gasteiger partial charge in [-0.1, -0.05) is 20.8 Å². The summed E-state index contributed by atoms with van der Waals surface area (Å²) in [7, 11) is 4.71. The number of hydrogen-bond donors (Lipinski definition) is 0. The van der Waals surface area contributed by atoms with Crippen molar-refractivity contribution in [1.82, 2.24) is 4.98 Å². The van der Waals surface area contributed by atoms with Crippen LogP contribution in [0.25, 0.3) is 10.2 Å². The smallest absolute Gasteiger partial charge is 0.250 e. The number of quaternary nitrogens is 1. The van der Waals surface area contributed by atoms with Crippen LogP contribution in [0.5, 0.6) is 5.75 Å². The summed E-state index contributed by atoms with van der Waals surface area (Å²) in [5.41, 5.74) is 0.840. The van der Waals surface area contributed by atoms with Gasteiger partial charge in [0.1, 0.15) is 10.8 Å². The van der Waals surface area contributed by atoms with Crippen LogP contribution in [0.1, 0.15) is 38.6 Å². The predicted molar refractivity (Wildman–Crippen MR) is 131 cm³/mol. The Morgan fingerprint density at radius 1 is 1.29 bits per heavy atom. The maximum atomic E-state index is 6.57. The lowest BCUT2D eigenvalue weighted by Gasteiger charge is -2.64. The van der Waals surface area contributed by atoms with Crippen molar-refractivity contribution in [3.63, 3.8) is 0 Å². The third kappa shape index (κ3) is 3.85. The van der Waals surface area contributed by atoms with E-state index in [9.17, 15) is 0 Å². The first-order valence-corrected chi connectivity index (χ1v) is 15.2. The van der Waals surface area contributed by atoms with Gasteiger partial charge in [-0.2, -0.15) is 0 Å². The molecule has 0 aliphatic carbocycles. The van der Waals surface area contributed by atoms with Gasteiger partial charge in [0.2, 0.25) is 8.32 Å². The number of ether oxygens (including phenoxy) is 1. The highest BCUT2D eigenvalue weighted by Crippen LogP contribution is 2.44. The molecule has 1 aromatic carbocycles. The summed E-state index contributed by atoms with van der Waals surface area (Å²) in [5, 5.41) is 1.22. The molecule has 165 valence electrons. The number of thiazole rings is 1. The molecular formula is C23H33BN3O2SSi. The summed E-state index contributed by atoms with van der Waals surface area (Å²) >= 11 is 1.72. The Morgan fingerprint density at radius 2 is 2.03 bits per heavy atom. The van der Waals surface area contributed by atoms with Crippen molar-refractivity contribution in [2.24, 2.45) is 10.9 Å².